The van der Waals surface area contributed by atoms with Crippen LogP contribution in [0, 0.1) is 0 Å². The van der Waals surface area contributed by atoms with Crippen molar-refractivity contribution in [2.24, 2.45) is 0 Å². The third-order valence-corrected chi connectivity index (χ3v) is 8.66. The number of hydrogen-bond donors (Lipinski definition) is 1. The lowest BCUT2D eigenvalue weighted by Crippen LogP contribution is -2.25. The molecule has 0 atom stereocenters. The van der Waals surface area contributed by atoms with Crippen LogP contribution in [0.2, 0.25) is 9.36 Å². The first-order valence-electron chi connectivity index (χ1n) is 6.77. The average molecular weight is 427 g/mol. The van der Waals surface area contributed by atoms with E-state index in [1.54, 1.807) is 0 Å². The SMILES string of the molecule is O=S(=O)(Nc1ccc(Cl)c(N2CCCS2(=O)=O)c1)c1ccc(Cl)s1. The Labute approximate surface area is 154 Å². The summed E-state index contributed by atoms with van der Waals surface area (Å²) in [7, 11) is -7.22. The van der Waals surface area contributed by atoms with Crippen LogP contribution in [0.15, 0.2) is 34.5 Å². The summed E-state index contributed by atoms with van der Waals surface area (Å²) in [5.41, 5.74) is 0.486. The topological polar surface area (TPSA) is 83.6 Å². The molecule has 0 saturated carbocycles. The number of rotatable bonds is 4. The van der Waals surface area contributed by atoms with Crippen molar-refractivity contribution < 1.29 is 16.8 Å². The number of anilines is 2. The monoisotopic (exact) mass is 426 g/mol. The van der Waals surface area contributed by atoms with E-state index in [-0.39, 0.29) is 26.4 Å². The molecule has 0 aliphatic carbocycles. The number of sulfonamides is 2. The Kier molecular flexibility index (Phi) is 4.73. The molecule has 0 bridgehead atoms. The maximum absolute atomic E-state index is 12.3. The van der Waals surface area contributed by atoms with Crippen LogP contribution < -0.4 is 9.03 Å². The van der Waals surface area contributed by atoms with E-state index in [1.165, 1.54) is 34.6 Å². The summed E-state index contributed by atoms with van der Waals surface area (Å²) in [6.07, 6.45) is 0.502. The molecule has 6 nitrogen and oxygen atoms in total. The van der Waals surface area contributed by atoms with Crippen LogP contribution in [0.1, 0.15) is 6.42 Å². The van der Waals surface area contributed by atoms with Crippen molar-refractivity contribution in [2.45, 2.75) is 10.6 Å². The Hall–Kier alpha value is -1.000. The largest absolute Gasteiger partial charge is 0.279 e. The standard InChI is InChI=1S/C13H12Cl2N2O4S3/c14-10-3-2-9(8-11(10)17-6-1-7-23(17,18)19)16-24(20,21)13-5-4-12(15)22-13/h2-5,8,16H,1,6-7H2. The summed E-state index contributed by atoms with van der Waals surface area (Å²) in [5, 5.41) is 0.239. The number of thiophene rings is 1. The Morgan fingerprint density at radius 2 is 1.92 bits per heavy atom. The molecule has 0 amide bonds. The van der Waals surface area contributed by atoms with Gasteiger partial charge >= 0.3 is 0 Å². The van der Waals surface area contributed by atoms with Crippen molar-refractivity contribution in [3.05, 3.63) is 39.7 Å². The number of nitrogens with zero attached hydrogens (tertiary/aromatic N) is 1. The van der Waals surface area contributed by atoms with Gasteiger partial charge < -0.3 is 0 Å². The maximum atomic E-state index is 12.3. The Balaban J connectivity index is 1.95. The van der Waals surface area contributed by atoms with Crippen molar-refractivity contribution in [1.29, 1.82) is 0 Å². The van der Waals surface area contributed by atoms with E-state index in [0.717, 1.165) is 11.3 Å². The first-order valence-corrected chi connectivity index (χ1v) is 11.4. The molecule has 1 aliphatic heterocycles. The second-order valence-corrected chi connectivity index (χ2v) is 11.1. The number of halogens is 2. The highest BCUT2D eigenvalue weighted by atomic mass is 35.5. The minimum absolute atomic E-state index is 0.0486. The van der Waals surface area contributed by atoms with Gasteiger partial charge in [-0.15, -0.1) is 11.3 Å². The molecule has 1 saturated heterocycles. The summed E-state index contributed by atoms with van der Waals surface area (Å²) in [6, 6.07) is 7.24. The van der Waals surface area contributed by atoms with Gasteiger partial charge in [0.15, 0.2) is 0 Å². The minimum atomic E-state index is -3.80. The number of benzene rings is 1. The van der Waals surface area contributed by atoms with E-state index in [2.05, 4.69) is 4.72 Å². The smallest absolute Gasteiger partial charge is 0.271 e. The van der Waals surface area contributed by atoms with Crippen molar-refractivity contribution in [3.63, 3.8) is 0 Å². The van der Waals surface area contributed by atoms with E-state index >= 15 is 0 Å². The van der Waals surface area contributed by atoms with Crippen LogP contribution >= 0.6 is 34.5 Å². The van der Waals surface area contributed by atoms with Crippen molar-refractivity contribution in [3.8, 4) is 0 Å². The lowest BCUT2D eigenvalue weighted by Gasteiger charge is -2.19. The first-order chi connectivity index (χ1) is 11.2. The molecule has 1 fully saturated rings. The van der Waals surface area contributed by atoms with Crippen LogP contribution in [0.25, 0.3) is 0 Å². The molecule has 24 heavy (non-hydrogen) atoms. The van der Waals surface area contributed by atoms with Gasteiger partial charge in [0.25, 0.3) is 10.0 Å². The van der Waals surface area contributed by atoms with E-state index < -0.39 is 20.0 Å². The zero-order valence-electron chi connectivity index (χ0n) is 12.1. The molecule has 2 aromatic rings. The molecule has 2 heterocycles. The zero-order valence-corrected chi connectivity index (χ0v) is 16.0. The summed E-state index contributed by atoms with van der Waals surface area (Å²) < 4.78 is 52.8. The molecule has 1 aliphatic rings. The van der Waals surface area contributed by atoms with Crippen molar-refractivity contribution >= 4 is 66.0 Å². The minimum Gasteiger partial charge on any atom is -0.279 e. The Morgan fingerprint density at radius 1 is 1.17 bits per heavy atom. The van der Waals surface area contributed by atoms with Crippen molar-refractivity contribution in [1.82, 2.24) is 0 Å². The number of hydrogen-bond acceptors (Lipinski definition) is 5. The van der Waals surface area contributed by atoms with E-state index in [9.17, 15) is 16.8 Å². The molecule has 0 unspecified atom stereocenters. The van der Waals surface area contributed by atoms with Crippen LogP contribution in [-0.4, -0.2) is 29.1 Å². The predicted molar refractivity (Wildman–Crippen MR) is 97.3 cm³/mol. The molecule has 11 heteroatoms. The van der Waals surface area contributed by atoms with Gasteiger partial charge in [0.2, 0.25) is 10.0 Å². The highest BCUT2D eigenvalue weighted by Crippen LogP contribution is 2.34. The number of nitrogens with one attached hydrogen (secondary N) is 1. The molecule has 0 radical (unpaired) electrons. The normalized spacial score (nSPS) is 17.2. The third-order valence-electron chi connectivity index (χ3n) is 3.38. The quantitative estimate of drug-likeness (QED) is 0.811. The van der Waals surface area contributed by atoms with E-state index in [0.29, 0.717) is 17.3 Å². The van der Waals surface area contributed by atoms with Gasteiger partial charge in [-0.1, -0.05) is 23.2 Å². The molecule has 0 spiro atoms. The third kappa shape index (κ3) is 3.50. The van der Waals surface area contributed by atoms with E-state index in [4.69, 9.17) is 23.2 Å². The second kappa shape index (κ2) is 6.38. The van der Waals surface area contributed by atoms with Gasteiger partial charge in [-0.05, 0) is 36.8 Å². The molecule has 1 aromatic heterocycles. The fourth-order valence-corrected chi connectivity index (χ4v) is 6.70. The summed E-state index contributed by atoms with van der Waals surface area (Å²) in [4.78, 5) is 0. The first kappa shape index (κ1) is 17.8. The molecule has 130 valence electrons. The zero-order chi connectivity index (χ0) is 17.5. The van der Waals surface area contributed by atoms with E-state index in [1.807, 2.05) is 0 Å². The van der Waals surface area contributed by atoms with Crippen LogP contribution in [0.4, 0.5) is 11.4 Å². The predicted octanol–water partition coefficient (Wildman–Crippen LogP) is 3.40. The van der Waals surface area contributed by atoms with Crippen molar-refractivity contribution in [2.75, 3.05) is 21.3 Å². The Bertz CT molecular complexity index is 986. The molecular weight excluding hydrogens is 415 g/mol. The lowest BCUT2D eigenvalue weighted by molar-refractivity contribution is 0.599. The fraction of sp³-hybridized carbons (Fsp3) is 0.231. The highest BCUT2D eigenvalue weighted by molar-refractivity contribution is 7.94. The molecule has 1 aromatic carbocycles. The maximum Gasteiger partial charge on any atom is 0.271 e. The lowest BCUT2D eigenvalue weighted by atomic mass is 10.3. The Morgan fingerprint density at radius 3 is 2.50 bits per heavy atom. The molecule has 3 rings (SSSR count). The van der Waals surface area contributed by atoms with Gasteiger partial charge in [-0.2, -0.15) is 0 Å². The molecule has 1 N–H and O–H groups in total. The van der Waals surface area contributed by atoms with Crippen LogP contribution in [0.5, 0.6) is 0 Å². The second-order valence-electron chi connectivity index (χ2n) is 5.07. The van der Waals surface area contributed by atoms with Gasteiger partial charge in [-0.3, -0.25) is 9.03 Å². The van der Waals surface area contributed by atoms with Gasteiger partial charge in [0.1, 0.15) is 4.21 Å². The average Bonchev–Trinajstić information content (AvgIpc) is 3.07. The fourth-order valence-electron chi connectivity index (χ4n) is 2.32. The van der Waals surface area contributed by atoms with Gasteiger partial charge in [0, 0.05) is 6.54 Å². The van der Waals surface area contributed by atoms with Crippen LogP contribution in [-0.2, 0) is 20.0 Å². The van der Waals surface area contributed by atoms with Gasteiger partial charge in [0.05, 0.1) is 26.5 Å². The summed E-state index contributed by atoms with van der Waals surface area (Å²) in [6.45, 7) is 0.318. The summed E-state index contributed by atoms with van der Waals surface area (Å²) >= 11 is 12.8. The summed E-state index contributed by atoms with van der Waals surface area (Å²) in [5.74, 6) is 0.0486. The molecular formula is C13H12Cl2N2O4S3. The van der Waals surface area contributed by atoms with Crippen LogP contribution in [0.3, 0.4) is 0 Å². The van der Waals surface area contributed by atoms with Gasteiger partial charge in [-0.25, -0.2) is 16.8 Å². The highest BCUT2D eigenvalue weighted by Gasteiger charge is 2.30.